The number of rotatable bonds is 6. The second kappa shape index (κ2) is 8.63. The van der Waals surface area contributed by atoms with Crippen molar-refractivity contribution in [1.82, 2.24) is 0 Å². The van der Waals surface area contributed by atoms with E-state index in [-0.39, 0.29) is 12.5 Å². The van der Waals surface area contributed by atoms with E-state index in [1.807, 2.05) is 24.3 Å². The van der Waals surface area contributed by atoms with Gasteiger partial charge in [0.2, 0.25) is 0 Å². The first-order chi connectivity index (χ1) is 14.5. The number of carboxylic acids is 1. The number of anilines is 1. The molecule has 30 heavy (non-hydrogen) atoms. The zero-order valence-corrected chi connectivity index (χ0v) is 17.2. The van der Waals surface area contributed by atoms with Crippen molar-refractivity contribution in [2.45, 2.75) is 23.0 Å². The van der Waals surface area contributed by atoms with Crippen LogP contribution in [0, 0.1) is 0 Å². The number of amides is 1. The van der Waals surface area contributed by atoms with Gasteiger partial charge in [0.25, 0.3) is 0 Å². The van der Waals surface area contributed by atoms with E-state index in [1.54, 1.807) is 31.2 Å². The third kappa shape index (κ3) is 4.19. The molecule has 0 aromatic heterocycles. The van der Waals surface area contributed by atoms with Crippen molar-refractivity contribution in [3.63, 3.8) is 0 Å². The van der Waals surface area contributed by atoms with Gasteiger partial charge in [-0.15, -0.1) is 11.8 Å². The monoisotopic (exact) mass is 419 g/mol. The van der Waals surface area contributed by atoms with Gasteiger partial charge in [0.05, 0.1) is 0 Å². The number of thioether (sulfide) groups is 1. The SMILES string of the molecule is CC(Sc1ccc(NC(=O)OCC2c3ccccc3-c3ccccc32)cc1)C(=O)O. The molecule has 0 saturated carbocycles. The topological polar surface area (TPSA) is 75.6 Å². The molecule has 0 bridgehead atoms. The molecule has 2 N–H and O–H groups in total. The van der Waals surface area contributed by atoms with E-state index >= 15 is 0 Å². The number of ether oxygens (including phenoxy) is 1. The standard InChI is InChI=1S/C24H21NO4S/c1-15(23(26)27)30-17-12-10-16(11-13-17)25-24(28)29-14-22-20-8-4-2-6-18(20)19-7-3-5-9-21(19)22/h2-13,15,22H,14H2,1H3,(H,25,28)(H,26,27). The maximum absolute atomic E-state index is 12.3. The van der Waals surface area contributed by atoms with Crippen LogP contribution < -0.4 is 5.32 Å². The van der Waals surface area contributed by atoms with Gasteiger partial charge in [-0.2, -0.15) is 0 Å². The fourth-order valence-corrected chi connectivity index (χ4v) is 4.43. The van der Waals surface area contributed by atoms with Crippen molar-refractivity contribution in [1.29, 1.82) is 0 Å². The molecule has 152 valence electrons. The van der Waals surface area contributed by atoms with E-state index in [0.717, 1.165) is 4.90 Å². The van der Waals surface area contributed by atoms with E-state index < -0.39 is 17.3 Å². The molecule has 1 aliphatic rings. The van der Waals surface area contributed by atoms with Crippen LogP contribution in [0.5, 0.6) is 0 Å². The van der Waals surface area contributed by atoms with Gasteiger partial charge >= 0.3 is 12.1 Å². The first kappa shape index (κ1) is 20.0. The molecule has 3 aromatic carbocycles. The summed E-state index contributed by atoms with van der Waals surface area (Å²) in [6.45, 7) is 1.89. The summed E-state index contributed by atoms with van der Waals surface area (Å²) >= 11 is 1.25. The van der Waals surface area contributed by atoms with E-state index in [1.165, 1.54) is 34.0 Å². The fraction of sp³-hybridized carbons (Fsp3) is 0.167. The van der Waals surface area contributed by atoms with Gasteiger partial charge in [0, 0.05) is 16.5 Å². The normalized spacial score (nSPS) is 13.2. The molecule has 5 nitrogen and oxygen atoms in total. The number of carbonyl (C=O) groups is 2. The average molecular weight is 420 g/mol. The van der Waals surface area contributed by atoms with Crippen molar-refractivity contribution < 1.29 is 19.4 Å². The molecule has 0 heterocycles. The molecule has 3 aromatic rings. The Morgan fingerprint density at radius 2 is 1.53 bits per heavy atom. The zero-order chi connectivity index (χ0) is 21.1. The van der Waals surface area contributed by atoms with Crippen LogP contribution in [0.4, 0.5) is 10.5 Å². The van der Waals surface area contributed by atoms with Crippen LogP contribution in [0.3, 0.4) is 0 Å². The van der Waals surface area contributed by atoms with Crippen molar-refractivity contribution in [3.05, 3.63) is 83.9 Å². The highest BCUT2D eigenvalue weighted by atomic mass is 32.2. The molecule has 0 radical (unpaired) electrons. The van der Waals surface area contributed by atoms with Crippen molar-refractivity contribution in [2.24, 2.45) is 0 Å². The van der Waals surface area contributed by atoms with Crippen LogP contribution in [-0.4, -0.2) is 29.0 Å². The predicted molar refractivity (Wildman–Crippen MR) is 118 cm³/mol. The second-order valence-corrected chi connectivity index (χ2v) is 8.49. The Bertz CT molecular complexity index is 1040. The Kier molecular flexibility index (Phi) is 5.77. The molecule has 0 aliphatic heterocycles. The average Bonchev–Trinajstić information content (AvgIpc) is 3.07. The number of benzene rings is 3. The van der Waals surface area contributed by atoms with Crippen LogP contribution in [-0.2, 0) is 9.53 Å². The Labute approximate surface area is 179 Å². The zero-order valence-electron chi connectivity index (χ0n) is 16.4. The van der Waals surface area contributed by atoms with Crippen molar-refractivity contribution in [3.8, 4) is 11.1 Å². The largest absolute Gasteiger partial charge is 0.480 e. The van der Waals surface area contributed by atoms with Crippen molar-refractivity contribution >= 4 is 29.5 Å². The summed E-state index contributed by atoms with van der Waals surface area (Å²) in [7, 11) is 0. The van der Waals surface area contributed by atoms with Gasteiger partial charge < -0.3 is 9.84 Å². The molecule has 1 unspecified atom stereocenters. The molecule has 0 fully saturated rings. The first-order valence-electron chi connectivity index (χ1n) is 9.64. The lowest BCUT2D eigenvalue weighted by molar-refractivity contribution is -0.136. The van der Waals surface area contributed by atoms with E-state index in [0.29, 0.717) is 5.69 Å². The summed E-state index contributed by atoms with van der Waals surface area (Å²) in [4.78, 5) is 24.1. The van der Waals surface area contributed by atoms with E-state index in [9.17, 15) is 9.59 Å². The highest BCUT2D eigenvalue weighted by molar-refractivity contribution is 8.00. The first-order valence-corrected chi connectivity index (χ1v) is 10.5. The summed E-state index contributed by atoms with van der Waals surface area (Å²) < 4.78 is 5.54. The maximum Gasteiger partial charge on any atom is 0.411 e. The summed E-state index contributed by atoms with van der Waals surface area (Å²) in [6, 6.07) is 23.4. The number of aliphatic carboxylic acids is 1. The lowest BCUT2D eigenvalue weighted by atomic mass is 9.98. The molecule has 0 saturated heterocycles. The molecule has 1 atom stereocenters. The molecular weight excluding hydrogens is 398 g/mol. The summed E-state index contributed by atoms with van der Waals surface area (Å²) in [6.07, 6.45) is -0.517. The van der Waals surface area contributed by atoms with Crippen LogP contribution in [0.2, 0.25) is 0 Å². The number of hydrogen-bond donors (Lipinski definition) is 2. The van der Waals surface area contributed by atoms with Gasteiger partial charge in [-0.1, -0.05) is 48.5 Å². The Hall–Kier alpha value is -3.25. The number of hydrogen-bond acceptors (Lipinski definition) is 4. The van der Waals surface area contributed by atoms with Gasteiger partial charge in [0.15, 0.2) is 0 Å². The molecular formula is C24H21NO4S. The smallest absolute Gasteiger partial charge is 0.411 e. The molecule has 1 aliphatic carbocycles. The van der Waals surface area contributed by atoms with Crippen LogP contribution in [0.1, 0.15) is 24.0 Å². The number of carboxylic acid groups (broad SMARTS) is 1. The Balaban J connectivity index is 1.38. The van der Waals surface area contributed by atoms with Crippen LogP contribution >= 0.6 is 11.8 Å². The highest BCUT2D eigenvalue weighted by Gasteiger charge is 2.29. The Morgan fingerprint density at radius 3 is 2.10 bits per heavy atom. The fourth-order valence-electron chi connectivity index (χ4n) is 3.62. The van der Waals surface area contributed by atoms with E-state index in [4.69, 9.17) is 9.84 Å². The molecule has 1 amide bonds. The third-order valence-electron chi connectivity index (χ3n) is 5.11. The van der Waals surface area contributed by atoms with Gasteiger partial charge in [0.1, 0.15) is 11.9 Å². The minimum atomic E-state index is -0.860. The summed E-state index contributed by atoms with van der Waals surface area (Å²) in [5, 5.41) is 11.2. The van der Waals surface area contributed by atoms with Gasteiger partial charge in [-0.25, -0.2) is 4.79 Å². The van der Waals surface area contributed by atoms with Crippen LogP contribution in [0.15, 0.2) is 77.7 Å². The van der Waals surface area contributed by atoms with Gasteiger partial charge in [-0.05, 0) is 53.4 Å². The molecule has 0 spiro atoms. The van der Waals surface area contributed by atoms with Crippen molar-refractivity contribution in [2.75, 3.05) is 11.9 Å². The maximum atomic E-state index is 12.3. The Morgan fingerprint density at radius 1 is 0.967 bits per heavy atom. The molecule has 4 rings (SSSR count). The third-order valence-corrected chi connectivity index (χ3v) is 6.20. The summed E-state index contributed by atoms with van der Waals surface area (Å²) in [5.74, 6) is -0.847. The minimum absolute atomic E-state index is 0.0134. The highest BCUT2D eigenvalue weighted by Crippen LogP contribution is 2.44. The van der Waals surface area contributed by atoms with E-state index in [2.05, 4.69) is 29.6 Å². The lowest BCUT2D eigenvalue weighted by Crippen LogP contribution is -2.17. The van der Waals surface area contributed by atoms with Crippen LogP contribution in [0.25, 0.3) is 11.1 Å². The lowest BCUT2D eigenvalue weighted by Gasteiger charge is -2.14. The predicted octanol–water partition coefficient (Wildman–Crippen LogP) is 5.61. The quantitative estimate of drug-likeness (QED) is 0.508. The number of nitrogens with one attached hydrogen (secondary N) is 1. The number of fused-ring (bicyclic) bond motifs is 3. The second-order valence-electron chi connectivity index (χ2n) is 7.07. The minimum Gasteiger partial charge on any atom is -0.480 e. The number of carbonyl (C=O) groups excluding carboxylic acids is 1. The van der Waals surface area contributed by atoms with Gasteiger partial charge in [-0.3, -0.25) is 10.1 Å². The molecule has 6 heteroatoms. The summed E-state index contributed by atoms with van der Waals surface area (Å²) in [5.41, 5.74) is 5.30.